The smallest absolute Gasteiger partial charge is 0.247 e. The lowest BCUT2D eigenvalue weighted by Gasteiger charge is -2.18. The predicted molar refractivity (Wildman–Crippen MR) is 91.1 cm³/mol. The highest BCUT2D eigenvalue weighted by Crippen LogP contribution is 2.21. The van der Waals surface area contributed by atoms with Gasteiger partial charge in [0, 0.05) is 18.7 Å². The zero-order chi connectivity index (χ0) is 16.9. The monoisotopic (exact) mass is 318 g/mol. The van der Waals surface area contributed by atoms with Crippen LogP contribution in [0.4, 0.5) is 0 Å². The largest absolute Gasteiger partial charge is 0.341 e. The second kappa shape index (κ2) is 7.10. The number of Topliss-reactive ketones (excluding diaryl/α,β-unsaturated/α-hetero) is 1. The zero-order valence-corrected chi connectivity index (χ0v) is 13.3. The molecule has 3 rings (SSSR count). The summed E-state index contributed by atoms with van der Waals surface area (Å²) in [5.41, 5.74) is 2.45. The molecule has 2 aromatic carbocycles. The van der Waals surface area contributed by atoms with Crippen LogP contribution in [-0.4, -0.2) is 29.7 Å². The normalized spacial score (nSPS) is 14.9. The van der Waals surface area contributed by atoms with E-state index >= 15 is 0 Å². The number of rotatable bonds is 4. The van der Waals surface area contributed by atoms with E-state index in [1.54, 1.807) is 17.0 Å². The fourth-order valence-electron chi connectivity index (χ4n) is 2.97. The number of carbonyl (C=O) groups is 2. The van der Waals surface area contributed by atoms with Crippen molar-refractivity contribution in [3.8, 4) is 17.2 Å². The highest BCUT2D eigenvalue weighted by molar-refractivity contribution is 6.12. The number of likely N-dealkylation sites (tertiary alicyclic amines) is 1. The predicted octanol–water partition coefficient (Wildman–Crippen LogP) is 3.30. The average molecular weight is 318 g/mol. The van der Waals surface area contributed by atoms with E-state index in [4.69, 9.17) is 0 Å². The summed E-state index contributed by atoms with van der Waals surface area (Å²) in [4.78, 5) is 26.5. The van der Waals surface area contributed by atoms with Gasteiger partial charge in [0.25, 0.3) is 0 Å². The van der Waals surface area contributed by atoms with Crippen LogP contribution >= 0.6 is 0 Å². The molecule has 0 bridgehead atoms. The highest BCUT2D eigenvalue weighted by Gasteiger charge is 2.32. The van der Waals surface area contributed by atoms with Crippen LogP contribution in [0, 0.1) is 17.2 Å². The van der Waals surface area contributed by atoms with E-state index in [1.165, 1.54) is 0 Å². The van der Waals surface area contributed by atoms with Gasteiger partial charge in [0.15, 0.2) is 11.7 Å². The SMILES string of the molecule is N#C[C@@H](C(=O)c1ccc(-c2ccccc2)cc1)C(=O)N1CCCC1. The number of ketones is 1. The number of nitriles is 1. The Labute approximate surface area is 141 Å². The van der Waals surface area contributed by atoms with E-state index in [1.807, 2.05) is 48.5 Å². The molecule has 1 aliphatic rings. The first kappa shape index (κ1) is 15.9. The fraction of sp³-hybridized carbons (Fsp3) is 0.250. The summed E-state index contributed by atoms with van der Waals surface area (Å²) in [7, 11) is 0. The quantitative estimate of drug-likeness (QED) is 0.642. The molecule has 24 heavy (non-hydrogen) atoms. The molecule has 0 aliphatic carbocycles. The lowest BCUT2D eigenvalue weighted by Crippen LogP contribution is -2.37. The Kier molecular flexibility index (Phi) is 4.72. The van der Waals surface area contributed by atoms with Crippen LogP contribution in [0.1, 0.15) is 23.2 Å². The van der Waals surface area contributed by atoms with Gasteiger partial charge in [0.2, 0.25) is 5.91 Å². The van der Waals surface area contributed by atoms with E-state index in [0.717, 1.165) is 24.0 Å². The van der Waals surface area contributed by atoms with Gasteiger partial charge in [-0.05, 0) is 24.0 Å². The molecule has 0 aromatic heterocycles. The summed E-state index contributed by atoms with van der Waals surface area (Å²) in [5.74, 6) is -2.04. The summed E-state index contributed by atoms with van der Waals surface area (Å²) in [6.45, 7) is 1.27. The van der Waals surface area contributed by atoms with Crippen molar-refractivity contribution in [3.63, 3.8) is 0 Å². The number of carbonyl (C=O) groups excluding carboxylic acids is 2. The molecule has 1 saturated heterocycles. The summed E-state index contributed by atoms with van der Waals surface area (Å²) >= 11 is 0. The van der Waals surface area contributed by atoms with Crippen molar-refractivity contribution >= 4 is 11.7 Å². The van der Waals surface area contributed by atoms with Gasteiger partial charge in [-0.15, -0.1) is 0 Å². The Hall–Kier alpha value is -2.93. The van der Waals surface area contributed by atoms with Crippen molar-refractivity contribution in [2.75, 3.05) is 13.1 Å². The Balaban J connectivity index is 1.79. The second-order valence-corrected chi connectivity index (χ2v) is 5.90. The fourth-order valence-corrected chi connectivity index (χ4v) is 2.97. The molecule has 1 aliphatic heterocycles. The summed E-state index contributed by atoms with van der Waals surface area (Å²) < 4.78 is 0. The molecule has 0 spiro atoms. The molecule has 1 amide bonds. The standard InChI is InChI=1S/C20H18N2O2/c21-14-18(20(24)22-12-4-5-13-22)19(23)17-10-8-16(9-11-17)15-6-2-1-3-7-15/h1-3,6-11,18H,4-5,12-13H2/t18-/m0/s1. The van der Waals surface area contributed by atoms with Gasteiger partial charge in [0.05, 0.1) is 6.07 Å². The molecule has 0 saturated carbocycles. The van der Waals surface area contributed by atoms with Crippen LogP contribution in [0.5, 0.6) is 0 Å². The van der Waals surface area contributed by atoms with Gasteiger partial charge in [-0.25, -0.2) is 0 Å². The van der Waals surface area contributed by atoms with Crippen molar-refractivity contribution in [2.45, 2.75) is 12.8 Å². The maximum Gasteiger partial charge on any atom is 0.247 e. The number of nitrogens with zero attached hydrogens (tertiary/aromatic N) is 2. The van der Waals surface area contributed by atoms with Crippen molar-refractivity contribution in [3.05, 3.63) is 60.2 Å². The summed E-state index contributed by atoms with van der Waals surface area (Å²) in [6, 6.07) is 18.8. The Bertz CT molecular complexity index is 770. The maximum atomic E-state index is 12.6. The number of hydrogen-bond acceptors (Lipinski definition) is 3. The van der Waals surface area contributed by atoms with E-state index in [0.29, 0.717) is 18.7 Å². The van der Waals surface area contributed by atoms with Gasteiger partial charge in [0.1, 0.15) is 0 Å². The minimum absolute atomic E-state index is 0.368. The van der Waals surface area contributed by atoms with Gasteiger partial charge >= 0.3 is 0 Å². The minimum atomic E-state index is -1.24. The zero-order valence-electron chi connectivity index (χ0n) is 13.3. The Morgan fingerprint density at radius 1 is 0.917 bits per heavy atom. The van der Waals surface area contributed by atoms with Crippen molar-refractivity contribution in [2.24, 2.45) is 5.92 Å². The minimum Gasteiger partial charge on any atom is -0.341 e. The van der Waals surface area contributed by atoms with Crippen LogP contribution in [0.3, 0.4) is 0 Å². The molecule has 1 fully saturated rings. The summed E-state index contributed by atoms with van der Waals surface area (Å²) in [5, 5.41) is 9.30. The molecule has 4 nitrogen and oxygen atoms in total. The van der Waals surface area contributed by atoms with Gasteiger partial charge in [-0.2, -0.15) is 5.26 Å². The maximum absolute atomic E-state index is 12.6. The van der Waals surface area contributed by atoms with Crippen molar-refractivity contribution < 1.29 is 9.59 Å². The topological polar surface area (TPSA) is 61.2 Å². The van der Waals surface area contributed by atoms with E-state index in [-0.39, 0.29) is 5.91 Å². The van der Waals surface area contributed by atoms with Crippen molar-refractivity contribution in [1.82, 2.24) is 4.90 Å². The lowest BCUT2D eigenvalue weighted by molar-refractivity contribution is -0.131. The second-order valence-electron chi connectivity index (χ2n) is 5.90. The number of benzene rings is 2. The summed E-state index contributed by atoms with van der Waals surface area (Å²) in [6.07, 6.45) is 1.87. The highest BCUT2D eigenvalue weighted by atomic mass is 16.2. The Morgan fingerprint density at radius 3 is 2.08 bits per heavy atom. The third-order valence-electron chi connectivity index (χ3n) is 4.33. The first-order valence-electron chi connectivity index (χ1n) is 8.09. The molecule has 1 atom stereocenters. The first-order valence-corrected chi connectivity index (χ1v) is 8.09. The van der Waals surface area contributed by atoms with E-state index in [9.17, 15) is 14.9 Å². The van der Waals surface area contributed by atoms with Crippen LogP contribution < -0.4 is 0 Å². The molecular weight excluding hydrogens is 300 g/mol. The lowest BCUT2D eigenvalue weighted by atomic mass is 9.95. The number of amides is 1. The molecule has 2 aromatic rings. The molecule has 1 heterocycles. The molecule has 4 heteroatoms. The average Bonchev–Trinajstić information content (AvgIpc) is 3.18. The molecule has 0 radical (unpaired) electrons. The van der Waals surface area contributed by atoms with Gasteiger partial charge in [-0.1, -0.05) is 54.6 Å². The van der Waals surface area contributed by atoms with Crippen LogP contribution in [-0.2, 0) is 4.79 Å². The number of hydrogen-bond donors (Lipinski definition) is 0. The third-order valence-corrected chi connectivity index (χ3v) is 4.33. The molecule has 120 valence electrons. The Morgan fingerprint density at radius 2 is 1.50 bits per heavy atom. The molecule has 0 unspecified atom stereocenters. The van der Waals surface area contributed by atoms with Gasteiger partial charge in [-0.3, -0.25) is 9.59 Å². The molecular formula is C20H18N2O2. The van der Waals surface area contributed by atoms with Crippen LogP contribution in [0.25, 0.3) is 11.1 Å². The third kappa shape index (κ3) is 3.21. The van der Waals surface area contributed by atoms with Crippen molar-refractivity contribution in [1.29, 1.82) is 5.26 Å². The van der Waals surface area contributed by atoms with Crippen LogP contribution in [0.15, 0.2) is 54.6 Å². The van der Waals surface area contributed by atoms with E-state index in [2.05, 4.69) is 0 Å². The van der Waals surface area contributed by atoms with Gasteiger partial charge < -0.3 is 4.90 Å². The first-order chi connectivity index (χ1) is 11.7. The molecule has 0 N–H and O–H groups in total. The van der Waals surface area contributed by atoms with E-state index < -0.39 is 11.7 Å². The van der Waals surface area contributed by atoms with Crippen LogP contribution in [0.2, 0.25) is 0 Å².